The third kappa shape index (κ3) is 4.57. The Labute approximate surface area is 103 Å². The summed E-state index contributed by atoms with van der Waals surface area (Å²) in [4.78, 5) is 10.8. The number of benzene rings is 1. The molecule has 17 heavy (non-hydrogen) atoms. The zero-order chi connectivity index (χ0) is 12.8. The molecule has 94 valence electrons. The SMILES string of the molecule is CC(C(=O)O)[C@@H](N)C[C@@H](C)Cc1ccccc1. The third-order valence-electron chi connectivity index (χ3n) is 3.13. The van der Waals surface area contributed by atoms with Crippen molar-refractivity contribution < 1.29 is 9.90 Å². The number of nitrogens with two attached hydrogens (primary N) is 1. The van der Waals surface area contributed by atoms with Crippen molar-refractivity contribution in [2.75, 3.05) is 0 Å². The summed E-state index contributed by atoms with van der Waals surface area (Å²) < 4.78 is 0. The van der Waals surface area contributed by atoms with Crippen molar-refractivity contribution in [2.45, 2.75) is 32.7 Å². The van der Waals surface area contributed by atoms with Crippen molar-refractivity contribution in [1.82, 2.24) is 0 Å². The minimum absolute atomic E-state index is 0.272. The lowest BCUT2D eigenvalue weighted by Crippen LogP contribution is -2.35. The first-order valence-corrected chi connectivity index (χ1v) is 6.03. The lowest BCUT2D eigenvalue weighted by atomic mass is 9.89. The van der Waals surface area contributed by atoms with E-state index in [1.54, 1.807) is 6.92 Å². The fraction of sp³-hybridized carbons (Fsp3) is 0.500. The highest BCUT2D eigenvalue weighted by atomic mass is 16.4. The molecule has 1 aromatic carbocycles. The summed E-state index contributed by atoms with van der Waals surface area (Å²) >= 11 is 0. The van der Waals surface area contributed by atoms with Crippen molar-refractivity contribution in [3.05, 3.63) is 35.9 Å². The fourth-order valence-corrected chi connectivity index (χ4v) is 1.95. The van der Waals surface area contributed by atoms with Gasteiger partial charge in [0.2, 0.25) is 0 Å². The van der Waals surface area contributed by atoms with E-state index >= 15 is 0 Å². The first-order chi connectivity index (χ1) is 8.00. The minimum atomic E-state index is -0.815. The topological polar surface area (TPSA) is 63.3 Å². The molecule has 1 aromatic rings. The van der Waals surface area contributed by atoms with Gasteiger partial charge in [-0.2, -0.15) is 0 Å². The van der Waals surface area contributed by atoms with E-state index in [-0.39, 0.29) is 6.04 Å². The molecule has 0 radical (unpaired) electrons. The minimum Gasteiger partial charge on any atom is -0.481 e. The molecule has 0 heterocycles. The number of aliphatic carboxylic acids is 1. The van der Waals surface area contributed by atoms with Gasteiger partial charge in [0.15, 0.2) is 0 Å². The summed E-state index contributed by atoms with van der Waals surface area (Å²) in [6, 6.07) is 9.92. The normalized spacial score (nSPS) is 16.2. The molecule has 0 fully saturated rings. The van der Waals surface area contributed by atoms with Crippen LogP contribution in [0.2, 0.25) is 0 Å². The number of hydrogen-bond donors (Lipinski definition) is 2. The second-order valence-corrected chi connectivity index (χ2v) is 4.82. The van der Waals surface area contributed by atoms with E-state index in [0.29, 0.717) is 5.92 Å². The maximum atomic E-state index is 10.8. The summed E-state index contributed by atoms with van der Waals surface area (Å²) in [6.07, 6.45) is 1.68. The molecule has 3 N–H and O–H groups in total. The van der Waals surface area contributed by atoms with E-state index in [9.17, 15) is 4.79 Å². The van der Waals surface area contributed by atoms with Crippen molar-refractivity contribution in [3.8, 4) is 0 Å². The Morgan fingerprint density at radius 3 is 2.41 bits per heavy atom. The van der Waals surface area contributed by atoms with Crippen LogP contribution in [0, 0.1) is 11.8 Å². The lowest BCUT2D eigenvalue weighted by Gasteiger charge is -2.20. The molecule has 0 saturated carbocycles. The molecule has 3 atom stereocenters. The molecule has 3 nitrogen and oxygen atoms in total. The van der Waals surface area contributed by atoms with Crippen LogP contribution in [0.25, 0.3) is 0 Å². The lowest BCUT2D eigenvalue weighted by molar-refractivity contribution is -0.141. The summed E-state index contributed by atoms with van der Waals surface area (Å²) in [5, 5.41) is 8.88. The van der Waals surface area contributed by atoms with Crippen LogP contribution in [0.15, 0.2) is 30.3 Å². The summed E-state index contributed by atoms with van der Waals surface area (Å²) in [6.45, 7) is 3.78. The van der Waals surface area contributed by atoms with Gasteiger partial charge < -0.3 is 10.8 Å². The second-order valence-electron chi connectivity index (χ2n) is 4.82. The Kier molecular flexibility index (Phi) is 5.16. The Morgan fingerprint density at radius 1 is 1.29 bits per heavy atom. The maximum Gasteiger partial charge on any atom is 0.307 e. The van der Waals surface area contributed by atoms with Crippen LogP contribution in [-0.4, -0.2) is 17.1 Å². The predicted molar refractivity (Wildman–Crippen MR) is 68.7 cm³/mol. The average molecular weight is 235 g/mol. The largest absolute Gasteiger partial charge is 0.481 e. The Balaban J connectivity index is 2.44. The predicted octanol–water partition coefficient (Wildman–Crippen LogP) is 2.30. The van der Waals surface area contributed by atoms with Gasteiger partial charge in [-0.1, -0.05) is 44.2 Å². The molecular formula is C14H21NO2. The van der Waals surface area contributed by atoms with Crippen molar-refractivity contribution >= 4 is 5.97 Å². The Hall–Kier alpha value is -1.35. The van der Waals surface area contributed by atoms with E-state index in [2.05, 4.69) is 19.1 Å². The zero-order valence-electron chi connectivity index (χ0n) is 10.5. The molecule has 0 aliphatic heterocycles. The fourth-order valence-electron chi connectivity index (χ4n) is 1.95. The highest BCUT2D eigenvalue weighted by Crippen LogP contribution is 2.16. The zero-order valence-corrected chi connectivity index (χ0v) is 10.5. The third-order valence-corrected chi connectivity index (χ3v) is 3.13. The first-order valence-electron chi connectivity index (χ1n) is 6.03. The van der Waals surface area contributed by atoms with Crippen molar-refractivity contribution in [1.29, 1.82) is 0 Å². The van der Waals surface area contributed by atoms with Crippen LogP contribution >= 0.6 is 0 Å². The van der Waals surface area contributed by atoms with Gasteiger partial charge in [-0.05, 0) is 24.3 Å². The van der Waals surface area contributed by atoms with E-state index in [1.165, 1.54) is 5.56 Å². The Bertz CT molecular complexity index is 350. The van der Waals surface area contributed by atoms with Crippen molar-refractivity contribution in [2.24, 2.45) is 17.6 Å². The van der Waals surface area contributed by atoms with Gasteiger partial charge in [0, 0.05) is 6.04 Å². The number of rotatable bonds is 6. The Morgan fingerprint density at radius 2 is 1.88 bits per heavy atom. The van der Waals surface area contributed by atoms with Gasteiger partial charge in [-0.3, -0.25) is 4.79 Å². The van der Waals surface area contributed by atoms with Crippen LogP contribution in [0.1, 0.15) is 25.8 Å². The average Bonchev–Trinajstić information content (AvgIpc) is 2.28. The van der Waals surface area contributed by atoms with Gasteiger partial charge in [0.1, 0.15) is 0 Å². The molecule has 0 aromatic heterocycles. The van der Waals surface area contributed by atoms with E-state index in [1.807, 2.05) is 18.2 Å². The first kappa shape index (κ1) is 13.7. The molecule has 0 saturated heterocycles. The molecule has 0 aliphatic carbocycles. The number of carbonyl (C=O) groups is 1. The molecule has 1 unspecified atom stereocenters. The maximum absolute atomic E-state index is 10.8. The molecular weight excluding hydrogens is 214 g/mol. The van der Waals surface area contributed by atoms with Crippen LogP contribution in [0.5, 0.6) is 0 Å². The quantitative estimate of drug-likeness (QED) is 0.795. The van der Waals surface area contributed by atoms with E-state index in [4.69, 9.17) is 10.8 Å². The number of carboxylic acid groups (broad SMARTS) is 1. The van der Waals surface area contributed by atoms with Crippen LogP contribution in [0.3, 0.4) is 0 Å². The van der Waals surface area contributed by atoms with Crippen LogP contribution in [-0.2, 0) is 11.2 Å². The number of carboxylic acids is 1. The molecule has 1 rings (SSSR count). The molecule has 3 heteroatoms. The molecule has 0 aliphatic rings. The monoisotopic (exact) mass is 235 g/mol. The summed E-state index contributed by atoms with van der Waals surface area (Å²) in [5.41, 5.74) is 7.17. The molecule has 0 amide bonds. The van der Waals surface area contributed by atoms with Gasteiger partial charge in [-0.25, -0.2) is 0 Å². The highest BCUT2D eigenvalue weighted by Gasteiger charge is 2.21. The van der Waals surface area contributed by atoms with Gasteiger partial charge in [0.25, 0.3) is 0 Å². The molecule has 0 bridgehead atoms. The van der Waals surface area contributed by atoms with Gasteiger partial charge in [-0.15, -0.1) is 0 Å². The van der Waals surface area contributed by atoms with Crippen molar-refractivity contribution in [3.63, 3.8) is 0 Å². The van der Waals surface area contributed by atoms with E-state index in [0.717, 1.165) is 12.8 Å². The van der Waals surface area contributed by atoms with Gasteiger partial charge in [0.05, 0.1) is 5.92 Å². The second kappa shape index (κ2) is 6.40. The van der Waals surface area contributed by atoms with E-state index < -0.39 is 11.9 Å². The summed E-state index contributed by atoms with van der Waals surface area (Å²) in [5.74, 6) is -0.896. The van der Waals surface area contributed by atoms with Crippen LogP contribution < -0.4 is 5.73 Å². The highest BCUT2D eigenvalue weighted by molar-refractivity contribution is 5.70. The molecule has 0 spiro atoms. The smallest absolute Gasteiger partial charge is 0.307 e. The van der Waals surface area contributed by atoms with Crippen LogP contribution in [0.4, 0.5) is 0 Å². The number of hydrogen-bond acceptors (Lipinski definition) is 2. The summed E-state index contributed by atoms with van der Waals surface area (Å²) in [7, 11) is 0. The standard InChI is InChI=1S/C14H21NO2/c1-10(8-12-6-4-3-5-7-12)9-13(15)11(2)14(16)17/h3-7,10-11,13H,8-9,15H2,1-2H3,(H,16,17)/t10-,11?,13-/m0/s1. The van der Waals surface area contributed by atoms with Gasteiger partial charge >= 0.3 is 5.97 Å².